The second-order valence-electron chi connectivity index (χ2n) is 7.41. The maximum atomic E-state index is 14.1. The van der Waals surface area contributed by atoms with E-state index >= 15 is 0 Å². The van der Waals surface area contributed by atoms with Crippen molar-refractivity contribution in [3.05, 3.63) is 89.4 Å². The van der Waals surface area contributed by atoms with Crippen molar-refractivity contribution in [1.29, 1.82) is 0 Å². The molecule has 0 radical (unpaired) electrons. The average molecular weight is 440 g/mol. The van der Waals surface area contributed by atoms with Gasteiger partial charge in [-0.2, -0.15) is 13.2 Å². The fraction of sp³-hybridized carbons (Fsp3) is 0.160. The lowest BCUT2D eigenvalue weighted by molar-refractivity contribution is -0.136. The van der Waals surface area contributed by atoms with Crippen LogP contribution in [-0.2, 0) is 12.7 Å². The summed E-state index contributed by atoms with van der Waals surface area (Å²) in [5, 5.41) is 3.60. The minimum atomic E-state index is -4.50. The van der Waals surface area contributed by atoms with Crippen molar-refractivity contribution < 1.29 is 22.3 Å². The Morgan fingerprint density at radius 1 is 1.00 bits per heavy atom. The molecule has 0 saturated carbocycles. The van der Waals surface area contributed by atoms with Crippen LogP contribution in [0.1, 0.15) is 16.7 Å². The van der Waals surface area contributed by atoms with Gasteiger partial charge in [0, 0.05) is 29.4 Å². The number of nitrogens with zero attached hydrogens (tertiary/aromatic N) is 1. The van der Waals surface area contributed by atoms with Crippen molar-refractivity contribution in [2.75, 3.05) is 12.4 Å². The summed E-state index contributed by atoms with van der Waals surface area (Å²) in [5.74, 6) is 0.196. The van der Waals surface area contributed by atoms with E-state index in [0.717, 1.165) is 17.2 Å². The van der Waals surface area contributed by atoms with E-state index in [0.29, 0.717) is 28.0 Å². The number of rotatable bonds is 5. The van der Waals surface area contributed by atoms with E-state index in [4.69, 9.17) is 4.74 Å². The van der Waals surface area contributed by atoms with E-state index < -0.39 is 11.7 Å². The number of hydrogen-bond acceptors (Lipinski definition) is 3. The molecule has 7 heteroatoms. The van der Waals surface area contributed by atoms with E-state index in [1.165, 1.54) is 25.4 Å². The number of nitrogens with one attached hydrogen (secondary N) is 1. The van der Waals surface area contributed by atoms with E-state index in [1.807, 2.05) is 25.1 Å². The molecule has 164 valence electrons. The van der Waals surface area contributed by atoms with E-state index in [2.05, 4.69) is 10.3 Å². The molecule has 3 nitrogen and oxygen atoms in total. The van der Waals surface area contributed by atoms with Gasteiger partial charge < -0.3 is 10.1 Å². The number of methoxy groups -OCH3 is 1. The van der Waals surface area contributed by atoms with Crippen LogP contribution in [0, 0.1) is 12.7 Å². The molecule has 0 unspecified atom stereocenters. The third-order valence-electron chi connectivity index (χ3n) is 5.28. The molecule has 4 aromatic rings. The second kappa shape index (κ2) is 8.49. The van der Waals surface area contributed by atoms with Crippen molar-refractivity contribution in [3.63, 3.8) is 0 Å². The van der Waals surface area contributed by atoms with Crippen LogP contribution < -0.4 is 10.1 Å². The molecule has 0 bridgehead atoms. The van der Waals surface area contributed by atoms with Gasteiger partial charge >= 0.3 is 6.18 Å². The standard InChI is InChI=1S/C25H20F4N2O/c1-15-13-31-24-20(7-4-8-21(24)25(27,28)29)23(15)16-5-3-6-18(11-16)30-14-17-12-19(32-2)9-10-22(17)26/h3-13,30H,14H2,1-2H3. The van der Waals surface area contributed by atoms with Crippen LogP contribution in [0.15, 0.2) is 66.9 Å². The SMILES string of the molecule is COc1ccc(F)c(CNc2cccc(-c3c(C)cnc4c(C(F)(F)F)cccc34)c2)c1. The first-order valence-electron chi connectivity index (χ1n) is 9.90. The van der Waals surface area contributed by atoms with Crippen molar-refractivity contribution in [1.82, 2.24) is 4.98 Å². The van der Waals surface area contributed by atoms with Gasteiger partial charge in [-0.3, -0.25) is 4.98 Å². The Kier molecular flexibility index (Phi) is 5.74. The molecule has 0 saturated heterocycles. The van der Waals surface area contributed by atoms with Crippen molar-refractivity contribution in [3.8, 4) is 16.9 Å². The number of halogens is 4. The van der Waals surface area contributed by atoms with Gasteiger partial charge in [-0.1, -0.05) is 24.3 Å². The summed E-state index contributed by atoms with van der Waals surface area (Å²) in [6, 6.07) is 15.9. The summed E-state index contributed by atoms with van der Waals surface area (Å²) < 4.78 is 59.7. The lowest BCUT2D eigenvalue weighted by Crippen LogP contribution is -2.07. The van der Waals surface area contributed by atoms with Crippen molar-refractivity contribution in [2.45, 2.75) is 19.6 Å². The molecule has 32 heavy (non-hydrogen) atoms. The summed E-state index contributed by atoms with van der Waals surface area (Å²) in [6.45, 7) is 2.04. The molecule has 0 atom stereocenters. The third-order valence-corrected chi connectivity index (χ3v) is 5.28. The molecule has 0 amide bonds. The van der Waals surface area contributed by atoms with Crippen LogP contribution in [0.4, 0.5) is 23.2 Å². The van der Waals surface area contributed by atoms with Gasteiger partial charge in [0.25, 0.3) is 0 Å². The predicted octanol–water partition coefficient (Wildman–Crippen LogP) is 6.99. The van der Waals surface area contributed by atoms with Crippen molar-refractivity contribution in [2.24, 2.45) is 0 Å². The number of alkyl halides is 3. The summed E-state index contributed by atoms with van der Waals surface area (Å²) >= 11 is 0. The van der Waals surface area contributed by atoms with Gasteiger partial charge in [0.1, 0.15) is 11.6 Å². The summed E-state index contributed by atoms with van der Waals surface area (Å²) in [7, 11) is 1.51. The van der Waals surface area contributed by atoms with E-state index in [-0.39, 0.29) is 17.9 Å². The molecule has 0 aliphatic heterocycles. The van der Waals surface area contributed by atoms with Gasteiger partial charge in [-0.25, -0.2) is 4.39 Å². The van der Waals surface area contributed by atoms with E-state index in [1.54, 1.807) is 24.3 Å². The second-order valence-corrected chi connectivity index (χ2v) is 7.41. The molecular weight excluding hydrogens is 420 g/mol. The predicted molar refractivity (Wildman–Crippen MR) is 117 cm³/mol. The first kappa shape index (κ1) is 21.6. The number of benzene rings is 3. The maximum Gasteiger partial charge on any atom is 0.418 e. The topological polar surface area (TPSA) is 34.1 Å². The summed E-state index contributed by atoms with van der Waals surface area (Å²) in [5.41, 5.74) is 2.48. The van der Waals surface area contributed by atoms with Crippen LogP contribution in [0.2, 0.25) is 0 Å². The molecule has 1 heterocycles. The lowest BCUT2D eigenvalue weighted by atomic mass is 9.95. The molecule has 0 fully saturated rings. The number of fused-ring (bicyclic) bond motifs is 1. The number of aromatic nitrogens is 1. The van der Waals surface area contributed by atoms with Crippen LogP contribution in [0.3, 0.4) is 0 Å². The van der Waals surface area contributed by atoms with Crippen LogP contribution >= 0.6 is 0 Å². The molecule has 4 rings (SSSR count). The number of ether oxygens (including phenoxy) is 1. The van der Waals surface area contributed by atoms with Gasteiger partial charge in [-0.15, -0.1) is 0 Å². The van der Waals surface area contributed by atoms with Gasteiger partial charge in [0.15, 0.2) is 0 Å². The number of hydrogen-bond donors (Lipinski definition) is 1. The number of aryl methyl sites for hydroxylation is 1. The largest absolute Gasteiger partial charge is 0.497 e. The molecular formula is C25H20F4N2O. The zero-order valence-electron chi connectivity index (χ0n) is 17.4. The zero-order chi connectivity index (χ0) is 22.9. The highest BCUT2D eigenvalue weighted by molar-refractivity contribution is 5.98. The molecule has 0 spiro atoms. The Morgan fingerprint density at radius 3 is 2.53 bits per heavy atom. The number of pyridine rings is 1. The highest BCUT2D eigenvalue weighted by atomic mass is 19.4. The quantitative estimate of drug-likeness (QED) is 0.340. The Balaban J connectivity index is 1.72. The first-order chi connectivity index (χ1) is 15.3. The molecule has 1 aromatic heterocycles. The molecule has 0 aliphatic carbocycles. The van der Waals surface area contributed by atoms with Gasteiger partial charge in [-0.05, 0) is 60.0 Å². The maximum absolute atomic E-state index is 14.1. The zero-order valence-corrected chi connectivity index (χ0v) is 17.4. The number of para-hydroxylation sites is 1. The monoisotopic (exact) mass is 440 g/mol. The minimum Gasteiger partial charge on any atom is -0.497 e. The van der Waals surface area contributed by atoms with Crippen LogP contribution in [0.5, 0.6) is 5.75 Å². The van der Waals surface area contributed by atoms with E-state index in [9.17, 15) is 17.6 Å². The Bertz CT molecular complexity index is 1280. The fourth-order valence-electron chi connectivity index (χ4n) is 3.73. The van der Waals surface area contributed by atoms with Crippen molar-refractivity contribution >= 4 is 16.6 Å². The molecule has 3 aromatic carbocycles. The minimum absolute atomic E-state index is 0.0857. The Hall–Kier alpha value is -3.61. The van der Waals surface area contributed by atoms with Gasteiger partial charge in [0.05, 0.1) is 18.2 Å². The Morgan fingerprint density at radius 2 is 1.78 bits per heavy atom. The highest BCUT2D eigenvalue weighted by Crippen LogP contribution is 2.38. The highest BCUT2D eigenvalue weighted by Gasteiger charge is 2.33. The van der Waals surface area contributed by atoms with Crippen LogP contribution in [-0.4, -0.2) is 12.1 Å². The van der Waals surface area contributed by atoms with Gasteiger partial charge in [0.2, 0.25) is 0 Å². The summed E-state index contributed by atoms with van der Waals surface area (Å²) in [6.07, 6.45) is -3.04. The molecule has 0 aliphatic rings. The number of anilines is 1. The third kappa shape index (κ3) is 4.23. The molecule has 1 N–H and O–H groups in total. The summed E-state index contributed by atoms with van der Waals surface area (Å²) in [4.78, 5) is 4.07. The average Bonchev–Trinajstić information content (AvgIpc) is 2.77. The Labute approximate surface area is 182 Å². The fourth-order valence-corrected chi connectivity index (χ4v) is 3.73. The lowest BCUT2D eigenvalue weighted by Gasteiger charge is -2.15. The van der Waals surface area contributed by atoms with Crippen LogP contribution in [0.25, 0.3) is 22.0 Å². The normalized spacial score (nSPS) is 11.6. The first-order valence-corrected chi connectivity index (χ1v) is 9.90. The smallest absolute Gasteiger partial charge is 0.418 e.